The van der Waals surface area contributed by atoms with Crippen molar-refractivity contribution >= 4 is 11.7 Å². The van der Waals surface area contributed by atoms with Gasteiger partial charge < -0.3 is 15.2 Å². The molecule has 0 aliphatic rings. The molecule has 0 aliphatic heterocycles. The first kappa shape index (κ1) is 13.9. The number of carbonyl (C=O) groups is 1. The number of benzene rings is 1. The summed E-state index contributed by atoms with van der Waals surface area (Å²) in [6.07, 6.45) is 3.30. The van der Waals surface area contributed by atoms with Crippen molar-refractivity contribution in [1.82, 2.24) is 4.98 Å². The predicted octanol–water partition coefficient (Wildman–Crippen LogP) is 2.42. The van der Waals surface area contributed by atoms with Gasteiger partial charge in [0.2, 0.25) is 0 Å². The van der Waals surface area contributed by atoms with Crippen molar-refractivity contribution in [1.29, 1.82) is 0 Å². The number of nitrogens with two attached hydrogens (primary N) is 1. The molecule has 0 saturated carbocycles. The van der Waals surface area contributed by atoms with Crippen molar-refractivity contribution < 1.29 is 14.3 Å². The van der Waals surface area contributed by atoms with Crippen LogP contribution in [0.4, 0.5) is 5.69 Å². The van der Waals surface area contributed by atoms with Crippen LogP contribution in [-0.2, 0) is 11.3 Å². The number of esters is 1. The lowest BCUT2D eigenvalue weighted by Crippen LogP contribution is -2.06. The highest BCUT2D eigenvalue weighted by Crippen LogP contribution is 2.23. The number of nitrogen functional groups attached to an aromatic ring is 1. The van der Waals surface area contributed by atoms with E-state index in [0.29, 0.717) is 23.6 Å². The number of aromatic nitrogens is 1. The maximum Gasteiger partial charge on any atom is 0.338 e. The third-order valence-corrected chi connectivity index (χ3v) is 2.66. The van der Waals surface area contributed by atoms with Gasteiger partial charge in [0, 0.05) is 12.4 Å². The van der Waals surface area contributed by atoms with Gasteiger partial charge in [-0.15, -0.1) is 0 Å². The van der Waals surface area contributed by atoms with Gasteiger partial charge >= 0.3 is 5.97 Å². The molecule has 0 fully saturated rings. The molecule has 1 heterocycles. The van der Waals surface area contributed by atoms with Crippen molar-refractivity contribution in [2.45, 2.75) is 13.5 Å². The molecule has 5 heteroatoms. The van der Waals surface area contributed by atoms with Gasteiger partial charge in [0.25, 0.3) is 0 Å². The molecule has 0 aliphatic carbocycles. The van der Waals surface area contributed by atoms with E-state index in [1.165, 1.54) is 0 Å². The molecule has 0 saturated heterocycles. The molecule has 0 atom stereocenters. The molecular weight excluding hydrogens is 256 g/mol. The number of pyridine rings is 1. The Hall–Kier alpha value is -2.56. The van der Waals surface area contributed by atoms with Gasteiger partial charge in [-0.2, -0.15) is 0 Å². The van der Waals surface area contributed by atoms with Crippen molar-refractivity contribution in [3.63, 3.8) is 0 Å². The first-order valence-electron chi connectivity index (χ1n) is 6.29. The highest BCUT2D eigenvalue weighted by molar-refractivity contribution is 5.91. The van der Waals surface area contributed by atoms with E-state index in [1.807, 2.05) is 6.92 Å². The van der Waals surface area contributed by atoms with Crippen molar-refractivity contribution in [2.75, 3.05) is 12.3 Å². The summed E-state index contributed by atoms with van der Waals surface area (Å²) in [5, 5.41) is 0. The number of rotatable bonds is 5. The SMILES string of the molecule is CCOc1ccc(C(=O)OCc2ccncc2)cc1N. The zero-order chi connectivity index (χ0) is 14.4. The van der Waals surface area contributed by atoms with E-state index in [4.69, 9.17) is 15.2 Å². The summed E-state index contributed by atoms with van der Waals surface area (Å²) < 4.78 is 10.5. The standard InChI is InChI=1S/C15H16N2O3/c1-2-19-14-4-3-12(9-13(14)16)15(18)20-10-11-5-7-17-8-6-11/h3-9H,2,10,16H2,1H3. The van der Waals surface area contributed by atoms with E-state index in [0.717, 1.165) is 5.56 Å². The zero-order valence-electron chi connectivity index (χ0n) is 11.2. The van der Waals surface area contributed by atoms with Crippen molar-refractivity contribution in [2.24, 2.45) is 0 Å². The maximum absolute atomic E-state index is 11.9. The summed E-state index contributed by atoms with van der Waals surface area (Å²) in [5.74, 6) is 0.148. The second-order valence-corrected chi connectivity index (χ2v) is 4.12. The van der Waals surface area contributed by atoms with Gasteiger partial charge in [-0.3, -0.25) is 4.98 Å². The van der Waals surface area contributed by atoms with Gasteiger partial charge in [-0.1, -0.05) is 0 Å². The van der Waals surface area contributed by atoms with Gasteiger partial charge in [-0.05, 0) is 42.8 Å². The molecule has 0 radical (unpaired) electrons. The third kappa shape index (κ3) is 3.47. The van der Waals surface area contributed by atoms with Gasteiger partial charge in [0.1, 0.15) is 12.4 Å². The molecule has 0 unspecified atom stereocenters. The van der Waals surface area contributed by atoms with Gasteiger partial charge in [-0.25, -0.2) is 4.79 Å². The first-order chi connectivity index (χ1) is 9.70. The monoisotopic (exact) mass is 272 g/mol. The van der Waals surface area contributed by atoms with Crippen LogP contribution in [0.15, 0.2) is 42.7 Å². The molecule has 20 heavy (non-hydrogen) atoms. The highest BCUT2D eigenvalue weighted by atomic mass is 16.5. The third-order valence-electron chi connectivity index (χ3n) is 2.66. The van der Waals surface area contributed by atoms with Crippen LogP contribution in [0.2, 0.25) is 0 Å². The second-order valence-electron chi connectivity index (χ2n) is 4.12. The Balaban J connectivity index is 2.00. The molecule has 0 amide bonds. The number of carbonyl (C=O) groups excluding carboxylic acids is 1. The van der Waals surface area contributed by atoms with E-state index >= 15 is 0 Å². The average Bonchev–Trinajstić information content (AvgIpc) is 2.48. The van der Waals surface area contributed by atoms with E-state index in [-0.39, 0.29) is 6.61 Å². The first-order valence-corrected chi connectivity index (χ1v) is 6.29. The average molecular weight is 272 g/mol. The molecule has 1 aromatic heterocycles. The largest absolute Gasteiger partial charge is 0.492 e. The van der Waals surface area contributed by atoms with Gasteiger partial charge in [0.15, 0.2) is 0 Å². The Bertz CT molecular complexity index is 585. The lowest BCUT2D eigenvalue weighted by molar-refractivity contribution is 0.0472. The Labute approximate surface area is 117 Å². The number of anilines is 1. The topological polar surface area (TPSA) is 74.4 Å². The Kier molecular flexibility index (Phi) is 4.55. The van der Waals surface area contributed by atoms with Crippen molar-refractivity contribution in [3.05, 3.63) is 53.9 Å². The summed E-state index contributed by atoms with van der Waals surface area (Å²) >= 11 is 0. The molecule has 1 aromatic carbocycles. The molecule has 0 spiro atoms. The molecule has 2 aromatic rings. The Morgan fingerprint density at radius 1 is 1.25 bits per heavy atom. The molecule has 0 bridgehead atoms. The van der Waals surface area contributed by atoms with Crippen molar-refractivity contribution in [3.8, 4) is 5.75 Å². The minimum atomic E-state index is -0.420. The zero-order valence-corrected chi connectivity index (χ0v) is 11.2. The number of ether oxygens (including phenoxy) is 2. The lowest BCUT2D eigenvalue weighted by atomic mass is 10.2. The van der Waals surface area contributed by atoms with Crippen LogP contribution in [0.25, 0.3) is 0 Å². The summed E-state index contributed by atoms with van der Waals surface area (Å²) in [4.78, 5) is 15.8. The van der Waals surface area contributed by atoms with E-state index in [2.05, 4.69) is 4.98 Å². The molecule has 5 nitrogen and oxygen atoms in total. The fourth-order valence-electron chi connectivity index (χ4n) is 1.67. The van der Waals surface area contributed by atoms with E-state index in [9.17, 15) is 4.79 Å². The second kappa shape index (κ2) is 6.56. The van der Waals surface area contributed by atoms with Crippen LogP contribution in [-0.4, -0.2) is 17.6 Å². The number of hydrogen-bond donors (Lipinski definition) is 1. The maximum atomic E-state index is 11.9. The van der Waals surface area contributed by atoms with E-state index < -0.39 is 5.97 Å². The summed E-state index contributed by atoms with van der Waals surface area (Å²) in [5.41, 5.74) is 7.52. The summed E-state index contributed by atoms with van der Waals surface area (Å²) in [6.45, 7) is 2.60. The highest BCUT2D eigenvalue weighted by Gasteiger charge is 2.10. The lowest BCUT2D eigenvalue weighted by Gasteiger charge is -2.09. The molecule has 2 N–H and O–H groups in total. The number of nitrogens with zero attached hydrogens (tertiary/aromatic N) is 1. The minimum Gasteiger partial charge on any atom is -0.492 e. The Morgan fingerprint density at radius 2 is 2.00 bits per heavy atom. The van der Waals surface area contributed by atoms with Crippen LogP contribution in [0, 0.1) is 0 Å². The predicted molar refractivity (Wildman–Crippen MR) is 75.4 cm³/mol. The molecule has 2 rings (SSSR count). The molecular formula is C15H16N2O3. The quantitative estimate of drug-likeness (QED) is 0.668. The van der Waals surface area contributed by atoms with Crippen LogP contribution < -0.4 is 10.5 Å². The fourth-order valence-corrected chi connectivity index (χ4v) is 1.67. The fraction of sp³-hybridized carbons (Fsp3) is 0.200. The van der Waals surface area contributed by atoms with Crippen LogP contribution in [0.1, 0.15) is 22.8 Å². The minimum absolute atomic E-state index is 0.203. The number of hydrogen-bond acceptors (Lipinski definition) is 5. The van der Waals surface area contributed by atoms with Crippen LogP contribution >= 0.6 is 0 Å². The smallest absolute Gasteiger partial charge is 0.338 e. The summed E-state index contributed by atoms with van der Waals surface area (Å²) in [6, 6.07) is 8.44. The van der Waals surface area contributed by atoms with E-state index in [1.54, 1.807) is 42.7 Å². The molecule has 104 valence electrons. The Morgan fingerprint density at radius 3 is 2.65 bits per heavy atom. The van der Waals surface area contributed by atoms with Gasteiger partial charge in [0.05, 0.1) is 17.9 Å². The normalized spacial score (nSPS) is 10.1. The van der Waals surface area contributed by atoms with Crippen LogP contribution in [0.5, 0.6) is 5.75 Å². The van der Waals surface area contributed by atoms with Crippen LogP contribution in [0.3, 0.4) is 0 Å². The summed E-state index contributed by atoms with van der Waals surface area (Å²) in [7, 11) is 0.